The number of nitro benzene ring substituents is 1. The Morgan fingerprint density at radius 2 is 2.33 bits per heavy atom. The summed E-state index contributed by atoms with van der Waals surface area (Å²) in [6.07, 6.45) is 0.388. The van der Waals surface area contributed by atoms with Crippen LogP contribution in [0, 0.1) is 10.1 Å². The standard InChI is InChI=1S/C14H15N3O4/c1-2-21-14(18)10-6-8-11(7-15-10)16-9-4-3-5-12(13(8)9)17(19)20/h3-5,10,15-16H,2,6-7H2,1H3. The van der Waals surface area contributed by atoms with Gasteiger partial charge in [-0.3, -0.25) is 20.2 Å². The zero-order valence-electron chi connectivity index (χ0n) is 11.5. The lowest BCUT2D eigenvalue weighted by atomic mass is 9.98. The number of carbonyl (C=O) groups excluding carboxylic acids is 1. The molecule has 7 heteroatoms. The lowest BCUT2D eigenvalue weighted by Crippen LogP contribution is -2.42. The summed E-state index contributed by atoms with van der Waals surface area (Å²) in [5, 5.41) is 14.9. The maximum atomic E-state index is 11.9. The van der Waals surface area contributed by atoms with E-state index in [1.165, 1.54) is 6.07 Å². The zero-order valence-corrected chi connectivity index (χ0v) is 11.5. The molecule has 0 saturated heterocycles. The highest BCUT2D eigenvalue weighted by atomic mass is 16.6. The molecule has 0 fully saturated rings. The maximum absolute atomic E-state index is 11.9. The van der Waals surface area contributed by atoms with E-state index in [0.717, 1.165) is 16.8 Å². The van der Waals surface area contributed by atoms with Crippen molar-refractivity contribution < 1.29 is 14.5 Å². The Balaban J connectivity index is 2.06. The SMILES string of the molecule is CCOC(=O)C1Cc2c([nH]c3cccc([N+](=O)[O-])c23)CN1. The van der Waals surface area contributed by atoms with Crippen molar-refractivity contribution in [1.82, 2.24) is 10.3 Å². The Morgan fingerprint density at radius 1 is 1.52 bits per heavy atom. The molecule has 1 aromatic heterocycles. The van der Waals surface area contributed by atoms with E-state index in [-0.39, 0.29) is 11.7 Å². The van der Waals surface area contributed by atoms with Gasteiger partial charge in [0.15, 0.2) is 0 Å². The van der Waals surface area contributed by atoms with Gasteiger partial charge in [0.25, 0.3) is 5.69 Å². The Labute approximate surface area is 120 Å². The number of ether oxygens (including phenoxy) is 1. The molecule has 0 radical (unpaired) electrons. The number of non-ortho nitro benzene ring substituents is 1. The van der Waals surface area contributed by atoms with Crippen molar-refractivity contribution in [3.05, 3.63) is 39.6 Å². The molecule has 0 aliphatic carbocycles. The molecule has 0 bridgehead atoms. The number of H-pyrrole nitrogens is 1. The van der Waals surface area contributed by atoms with Gasteiger partial charge < -0.3 is 9.72 Å². The number of rotatable bonds is 3. The number of esters is 1. The van der Waals surface area contributed by atoms with Gasteiger partial charge in [-0.05, 0) is 18.6 Å². The van der Waals surface area contributed by atoms with Crippen LogP contribution in [0.2, 0.25) is 0 Å². The molecule has 0 amide bonds. The van der Waals surface area contributed by atoms with Crippen LogP contribution in [-0.2, 0) is 22.5 Å². The average molecular weight is 289 g/mol. The quantitative estimate of drug-likeness (QED) is 0.508. The van der Waals surface area contributed by atoms with Gasteiger partial charge >= 0.3 is 5.97 Å². The Kier molecular flexibility index (Phi) is 3.34. The Hall–Kier alpha value is -2.41. The van der Waals surface area contributed by atoms with Crippen molar-refractivity contribution >= 4 is 22.6 Å². The third-order valence-corrected chi connectivity index (χ3v) is 3.70. The predicted octanol–water partition coefficient (Wildman–Crippen LogP) is 1.65. The van der Waals surface area contributed by atoms with E-state index in [1.54, 1.807) is 19.1 Å². The van der Waals surface area contributed by atoms with E-state index in [4.69, 9.17) is 4.74 Å². The van der Waals surface area contributed by atoms with E-state index in [1.807, 2.05) is 0 Å². The smallest absolute Gasteiger partial charge is 0.323 e. The predicted molar refractivity (Wildman–Crippen MR) is 75.9 cm³/mol. The second kappa shape index (κ2) is 5.17. The second-order valence-electron chi connectivity index (χ2n) is 4.93. The third kappa shape index (κ3) is 2.25. The van der Waals surface area contributed by atoms with Gasteiger partial charge in [-0.25, -0.2) is 0 Å². The molecule has 2 N–H and O–H groups in total. The van der Waals surface area contributed by atoms with Crippen molar-refractivity contribution in [1.29, 1.82) is 0 Å². The van der Waals surface area contributed by atoms with E-state index >= 15 is 0 Å². The van der Waals surface area contributed by atoms with Crippen molar-refractivity contribution in [2.45, 2.75) is 25.9 Å². The first kappa shape index (κ1) is 13.6. The Morgan fingerprint density at radius 3 is 3.05 bits per heavy atom. The third-order valence-electron chi connectivity index (χ3n) is 3.70. The summed E-state index contributed by atoms with van der Waals surface area (Å²) >= 11 is 0. The highest BCUT2D eigenvalue weighted by molar-refractivity contribution is 5.94. The molecule has 110 valence electrons. The molecule has 1 aliphatic rings. The first-order valence-electron chi connectivity index (χ1n) is 6.78. The number of nitrogens with zero attached hydrogens (tertiary/aromatic N) is 1. The minimum Gasteiger partial charge on any atom is -0.465 e. The molecule has 3 rings (SSSR count). The van der Waals surface area contributed by atoms with Gasteiger partial charge in [0.05, 0.1) is 22.4 Å². The van der Waals surface area contributed by atoms with Crippen LogP contribution < -0.4 is 5.32 Å². The molecular formula is C14H15N3O4. The van der Waals surface area contributed by atoms with E-state index in [9.17, 15) is 14.9 Å². The summed E-state index contributed by atoms with van der Waals surface area (Å²) in [5.74, 6) is -0.323. The molecule has 0 spiro atoms. The molecule has 0 saturated carbocycles. The van der Waals surface area contributed by atoms with Crippen LogP contribution in [0.4, 0.5) is 5.69 Å². The molecule has 7 nitrogen and oxygen atoms in total. The summed E-state index contributed by atoms with van der Waals surface area (Å²) in [7, 11) is 0. The van der Waals surface area contributed by atoms with Crippen LogP contribution in [0.15, 0.2) is 18.2 Å². The van der Waals surface area contributed by atoms with Crippen LogP contribution in [-0.4, -0.2) is 28.5 Å². The van der Waals surface area contributed by atoms with Crippen LogP contribution in [0.25, 0.3) is 10.9 Å². The lowest BCUT2D eigenvalue weighted by molar-refractivity contribution is -0.383. The maximum Gasteiger partial charge on any atom is 0.323 e. The summed E-state index contributed by atoms with van der Waals surface area (Å²) < 4.78 is 5.02. The van der Waals surface area contributed by atoms with Crippen LogP contribution in [0.3, 0.4) is 0 Å². The first-order valence-corrected chi connectivity index (χ1v) is 6.78. The molecule has 21 heavy (non-hydrogen) atoms. The zero-order chi connectivity index (χ0) is 15.0. The summed E-state index contributed by atoms with van der Waals surface area (Å²) in [6, 6.07) is 4.48. The van der Waals surface area contributed by atoms with Gasteiger partial charge in [-0.2, -0.15) is 0 Å². The van der Waals surface area contributed by atoms with E-state index in [2.05, 4.69) is 10.3 Å². The summed E-state index contributed by atoms with van der Waals surface area (Å²) in [5.41, 5.74) is 2.50. The summed E-state index contributed by atoms with van der Waals surface area (Å²) in [6.45, 7) is 2.53. The highest BCUT2D eigenvalue weighted by Gasteiger charge is 2.30. The lowest BCUT2D eigenvalue weighted by Gasteiger charge is -2.22. The molecule has 2 aromatic rings. The molecular weight excluding hydrogens is 274 g/mol. The van der Waals surface area contributed by atoms with Gasteiger partial charge in [0, 0.05) is 24.7 Å². The number of aromatic nitrogens is 1. The normalized spacial score (nSPS) is 17.5. The first-order chi connectivity index (χ1) is 10.1. The average Bonchev–Trinajstić information content (AvgIpc) is 2.84. The van der Waals surface area contributed by atoms with Crippen LogP contribution in [0.1, 0.15) is 18.2 Å². The number of hydrogen-bond acceptors (Lipinski definition) is 5. The van der Waals surface area contributed by atoms with Gasteiger partial charge in [0.1, 0.15) is 6.04 Å². The van der Waals surface area contributed by atoms with Crippen molar-refractivity contribution in [2.75, 3.05) is 6.61 Å². The molecule has 2 heterocycles. The van der Waals surface area contributed by atoms with Crippen molar-refractivity contribution in [3.63, 3.8) is 0 Å². The highest BCUT2D eigenvalue weighted by Crippen LogP contribution is 2.33. The molecule has 1 atom stereocenters. The van der Waals surface area contributed by atoms with Crippen molar-refractivity contribution in [3.8, 4) is 0 Å². The van der Waals surface area contributed by atoms with Crippen molar-refractivity contribution in [2.24, 2.45) is 0 Å². The fraction of sp³-hybridized carbons (Fsp3) is 0.357. The molecule has 1 aliphatic heterocycles. The molecule has 1 unspecified atom stereocenters. The number of benzene rings is 1. The van der Waals surface area contributed by atoms with Gasteiger partial charge in [-0.1, -0.05) is 6.07 Å². The number of carbonyl (C=O) groups is 1. The topological polar surface area (TPSA) is 97.3 Å². The van der Waals surface area contributed by atoms with Crippen LogP contribution in [0.5, 0.6) is 0 Å². The monoisotopic (exact) mass is 289 g/mol. The van der Waals surface area contributed by atoms with E-state index < -0.39 is 11.0 Å². The number of hydrogen-bond donors (Lipinski definition) is 2. The minimum atomic E-state index is -0.462. The fourth-order valence-electron chi connectivity index (χ4n) is 2.79. The number of nitro groups is 1. The largest absolute Gasteiger partial charge is 0.465 e. The van der Waals surface area contributed by atoms with Gasteiger partial charge in [-0.15, -0.1) is 0 Å². The number of nitrogens with one attached hydrogen (secondary N) is 2. The number of fused-ring (bicyclic) bond motifs is 3. The van der Waals surface area contributed by atoms with E-state index in [0.29, 0.717) is 25.0 Å². The summed E-state index contributed by atoms with van der Waals surface area (Å²) in [4.78, 5) is 25.8. The Bertz CT molecular complexity index is 722. The molecule has 1 aromatic carbocycles. The minimum absolute atomic E-state index is 0.0644. The second-order valence-corrected chi connectivity index (χ2v) is 4.93. The fourth-order valence-corrected chi connectivity index (χ4v) is 2.79. The van der Waals surface area contributed by atoms with Gasteiger partial charge in [0.2, 0.25) is 0 Å². The number of aromatic amines is 1. The van der Waals surface area contributed by atoms with Crippen LogP contribution >= 0.6 is 0 Å².